The normalized spacial score (nSPS) is 13.9. The highest BCUT2D eigenvalue weighted by Crippen LogP contribution is 2.27. The van der Waals surface area contributed by atoms with Crippen LogP contribution >= 0.6 is 11.6 Å². The number of rotatable bonds is 10. The molecule has 0 aliphatic carbocycles. The molecule has 1 aliphatic rings. The first-order valence-electron chi connectivity index (χ1n) is 10.4. The van der Waals surface area contributed by atoms with Gasteiger partial charge in [0.2, 0.25) is 0 Å². The molecule has 0 amide bonds. The van der Waals surface area contributed by atoms with Gasteiger partial charge in [0.1, 0.15) is 17.4 Å². The summed E-state index contributed by atoms with van der Waals surface area (Å²) in [4.78, 5) is 36.6. The number of hydrogen-bond donors (Lipinski definition) is 2. The van der Waals surface area contributed by atoms with Crippen LogP contribution in [0.5, 0.6) is 0 Å². The lowest BCUT2D eigenvalue weighted by Crippen LogP contribution is -2.14. The molecule has 1 atom stereocenters. The molecule has 1 unspecified atom stereocenters. The van der Waals surface area contributed by atoms with E-state index in [1.54, 1.807) is 19.3 Å². The fourth-order valence-corrected chi connectivity index (χ4v) is 3.96. The number of carbonyl (C=O) groups excluding carboxylic acids is 1. The van der Waals surface area contributed by atoms with Crippen molar-refractivity contribution in [1.29, 1.82) is 0 Å². The third-order valence-electron chi connectivity index (χ3n) is 5.33. The summed E-state index contributed by atoms with van der Waals surface area (Å²) in [5.74, 6) is 0.249. The molecule has 0 spiro atoms. The summed E-state index contributed by atoms with van der Waals surface area (Å²) in [6.45, 7) is 2.69. The van der Waals surface area contributed by atoms with Crippen molar-refractivity contribution in [3.05, 3.63) is 46.1 Å². The maximum Gasteiger partial charge on any atom is 0.303 e. The van der Waals surface area contributed by atoms with Gasteiger partial charge in [0, 0.05) is 37.7 Å². The topological polar surface area (TPSA) is 105 Å². The highest BCUT2D eigenvalue weighted by molar-refractivity contribution is 6.31. The predicted octanol–water partition coefficient (Wildman–Crippen LogP) is 4.12. The molecule has 0 bridgehead atoms. The van der Waals surface area contributed by atoms with Gasteiger partial charge >= 0.3 is 5.97 Å². The van der Waals surface area contributed by atoms with Gasteiger partial charge in [0.25, 0.3) is 0 Å². The van der Waals surface area contributed by atoms with Crippen LogP contribution in [0.3, 0.4) is 0 Å². The van der Waals surface area contributed by atoms with Gasteiger partial charge in [-0.25, -0.2) is 15.0 Å². The maximum absolute atomic E-state index is 12.5. The third kappa shape index (κ3) is 6.23. The number of aryl methyl sites for hydroxylation is 3. The Kier molecular flexibility index (Phi) is 7.74. The van der Waals surface area contributed by atoms with Crippen molar-refractivity contribution in [2.24, 2.45) is 0 Å². The number of nitrogens with zero attached hydrogens (tertiary/aromatic N) is 3. The van der Waals surface area contributed by atoms with Gasteiger partial charge in [-0.3, -0.25) is 9.59 Å². The molecule has 0 saturated carbocycles. The number of pyridine rings is 1. The number of hydrogen-bond acceptors (Lipinski definition) is 6. The van der Waals surface area contributed by atoms with Gasteiger partial charge in [-0.15, -0.1) is 0 Å². The maximum atomic E-state index is 12.5. The number of Topliss-reactive ketones (excluding diaryl/α,β-unsaturated/α-hetero) is 1. The van der Waals surface area contributed by atoms with Crippen molar-refractivity contribution >= 4 is 29.2 Å². The van der Waals surface area contributed by atoms with Crippen LogP contribution < -0.4 is 5.32 Å². The average Bonchev–Trinajstić information content (AvgIpc) is 2.71. The number of carbonyl (C=O) groups is 2. The second-order valence-corrected chi connectivity index (χ2v) is 8.17. The lowest BCUT2D eigenvalue weighted by molar-refractivity contribution is -0.137. The molecule has 160 valence electrons. The van der Waals surface area contributed by atoms with E-state index in [1.165, 1.54) is 0 Å². The molecular weight excluding hydrogens is 404 g/mol. The average molecular weight is 431 g/mol. The monoisotopic (exact) mass is 430 g/mol. The predicted molar refractivity (Wildman–Crippen MR) is 115 cm³/mol. The van der Waals surface area contributed by atoms with Crippen molar-refractivity contribution in [2.75, 3.05) is 11.9 Å². The Morgan fingerprint density at radius 1 is 1.23 bits per heavy atom. The van der Waals surface area contributed by atoms with Crippen LogP contribution in [0.4, 0.5) is 5.82 Å². The Morgan fingerprint density at radius 3 is 2.73 bits per heavy atom. The molecule has 2 aromatic rings. The largest absolute Gasteiger partial charge is 0.481 e. The van der Waals surface area contributed by atoms with E-state index in [0.717, 1.165) is 42.9 Å². The number of carboxylic acid groups (broad SMARTS) is 1. The van der Waals surface area contributed by atoms with Crippen LogP contribution in [0.25, 0.3) is 0 Å². The first-order chi connectivity index (χ1) is 14.4. The first kappa shape index (κ1) is 22.2. The minimum atomic E-state index is -0.935. The molecule has 3 rings (SSSR count). The van der Waals surface area contributed by atoms with Crippen molar-refractivity contribution in [1.82, 2.24) is 15.0 Å². The van der Waals surface area contributed by atoms with Crippen LogP contribution in [0, 0.1) is 6.92 Å². The third-order valence-corrected chi connectivity index (χ3v) is 5.66. The fraction of sp³-hybridized carbons (Fsp3) is 0.500. The molecule has 30 heavy (non-hydrogen) atoms. The van der Waals surface area contributed by atoms with E-state index in [1.807, 2.05) is 6.07 Å². The summed E-state index contributed by atoms with van der Waals surface area (Å²) >= 11 is 6.37. The standard InChI is InChI=1S/C22H27ClN4O3/c1-14-25-12-17(13-26-14)16(11-21(29)30)9-18(28)6-2-3-7-20-19(23)10-15-5-4-8-24-22(15)27-20/h10,12-13,16H,2-9,11H2,1H3,(H,24,27)(H,29,30). The lowest BCUT2D eigenvalue weighted by Gasteiger charge is -2.18. The van der Waals surface area contributed by atoms with Crippen molar-refractivity contribution in [3.63, 3.8) is 0 Å². The number of carboxylic acids is 1. The Morgan fingerprint density at radius 2 is 2.00 bits per heavy atom. The number of anilines is 1. The van der Waals surface area contributed by atoms with E-state index < -0.39 is 11.9 Å². The van der Waals surface area contributed by atoms with E-state index in [9.17, 15) is 14.7 Å². The summed E-state index contributed by atoms with van der Waals surface area (Å²) in [6.07, 6.45) is 8.01. The molecule has 3 heterocycles. The lowest BCUT2D eigenvalue weighted by atomic mass is 9.91. The Labute approximate surface area is 181 Å². The molecule has 1 aliphatic heterocycles. The van der Waals surface area contributed by atoms with Gasteiger partial charge in [-0.1, -0.05) is 11.6 Å². The molecule has 7 nitrogen and oxygen atoms in total. The van der Waals surface area contributed by atoms with Crippen LogP contribution in [-0.4, -0.2) is 38.4 Å². The zero-order valence-corrected chi connectivity index (χ0v) is 17.9. The summed E-state index contributed by atoms with van der Waals surface area (Å²) in [5, 5.41) is 13.2. The molecule has 2 N–H and O–H groups in total. The molecule has 0 fully saturated rings. The second kappa shape index (κ2) is 10.5. The SMILES string of the molecule is Cc1ncc(C(CC(=O)O)CC(=O)CCCCc2nc3c(cc2Cl)CCCN3)cn1. The van der Waals surface area contributed by atoms with E-state index in [4.69, 9.17) is 11.6 Å². The van der Waals surface area contributed by atoms with Gasteiger partial charge in [-0.2, -0.15) is 0 Å². The number of nitrogens with one attached hydrogen (secondary N) is 1. The van der Waals surface area contributed by atoms with Crippen LogP contribution in [0.15, 0.2) is 18.5 Å². The minimum absolute atomic E-state index is 0.0491. The number of halogens is 1. The smallest absolute Gasteiger partial charge is 0.303 e. The Bertz CT molecular complexity index is 902. The Hall–Kier alpha value is -2.54. The second-order valence-electron chi connectivity index (χ2n) is 7.76. The van der Waals surface area contributed by atoms with Crippen molar-refractivity contribution in [3.8, 4) is 0 Å². The number of aromatic nitrogens is 3. The number of fused-ring (bicyclic) bond motifs is 1. The Balaban J connectivity index is 1.50. The van der Waals surface area contributed by atoms with Gasteiger partial charge < -0.3 is 10.4 Å². The van der Waals surface area contributed by atoms with E-state index in [2.05, 4.69) is 20.3 Å². The van der Waals surface area contributed by atoms with E-state index in [-0.39, 0.29) is 18.6 Å². The number of unbranched alkanes of at least 4 members (excludes halogenated alkanes) is 1. The highest BCUT2D eigenvalue weighted by Gasteiger charge is 2.20. The molecule has 0 radical (unpaired) electrons. The van der Waals surface area contributed by atoms with Crippen LogP contribution in [0.2, 0.25) is 5.02 Å². The summed E-state index contributed by atoms with van der Waals surface area (Å²) in [7, 11) is 0. The summed E-state index contributed by atoms with van der Waals surface area (Å²) in [5.41, 5.74) is 2.71. The van der Waals surface area contributed by atoms with Gasteiger partial charge in [0.05, 0.1) is 17.1 Å². The van der Waals surface area contributed by atoms with Crippen LogP contribution in [0.1, 0.15) is 67.1 Å². The zero-order valence-electron chi connectivity index (χ0n) is 17.2. The van der Waals surface area contributed by atoms with Gasteiger partial charge in [-0.05, 0) is 56.2 Å². The molecular formula is C22H27ClN4O3. The first-order valence-corrected chi connectivity index (χ1v) is 10.7. The molecule has 2 aromatic heterocycles. The van der Waals surface area contributed by atoms with Gasteiger partial charge in [0.15, 0.2) is 0 Å². The van der Waals surface area contributed by atoms with E-state index >= 15 is 0 Å². The minimum Gasteiger partial charge on any atom is -0.481 e. The quantitative estimate of drug-likeness (QED) is 0.546. The zero-order chi connectivity index (χ0) is 21.5. The number of ketones is 1. The highest BCUT2D eigenvalue weighted by atomic mass is 35.5. The molecule has 0 saturated heterocycles. The molecule has 0 aromatic carbocycles. The number of aliphatic carboxylic acids is 1. The fourth-order valence-electron chi connectivity index (χ4n) is 3.69. The summed E-state index contributed by atoms with van der Waals surface area (Å²) < 4.78 is 0. The van der Waals surface area contributed by atoms with Crippen molar-refractivity contribution in [2.45, 2.75) is 64.2 Å². The van der Waals surface area contributed by atoms with Crippen molar-refractivity contribution < 1.29 is 14.7 Å². The molecule has 8 heteroatoms. The van der Waals surface area contributed by atoms with Crippen LogP contribution in [-0.2, 0) is 22.4 Å². The summed E-state index contributed by atoms with van der Waals surface area (Å²) in [6, 6.07) is 2.00. The van der Waals surface area contributed by atoms with E-state index in [0.29, 0.717) is 35.7 Å².